The molecule has 2 aliphatic heterocycles. The van der Waals surface area contributed by atoms with Gasteiger partial charge in [0.15, 0.2) is 17.3 Å². The molecule has 2 atom stereocenters. The van der Waals surface area contributed by atoms with Gasteiger partial charge in [-0.1, -0.05) is 23.9 Å². The number of hydrogen-bond acceptors (Lipinski definition) is 6. The number of H-pyrrole nitrogens is 1. The summed E-state index contributed by atoms with van der Waals surface area (Å²) in [6.45, 7) is 6.81. The van der Waals surface area contributed by atoms with Crippen molar-refractivity contribution in [1.29, 1.82) is 0 Å². The van der Waals surface area contributed by atoms with Gasteiger partial charge in [0.05, 0.1) is 41.7 Å². The number of rotatable bonds is 4. The summed E-state index contributed by atoms with van der Waals surface area (Å²) in [4.78, 5) is 17.8. The summed E-state index contributed by atoms with van der Waals surface area (Å²) in [5, 5.41) is 3.75. The lowest BCUT2D eigenvalue weighted by molar-refractivity contribution is -0.0705. The molecule has 1 aromatic carbocycles. The van der Waals surface area contributed by atoms with Crippen molar-refractivity contribution in [2.75, 3.05) is 20.8 Å². The minimum Gasteiger partial charge on any atom is -0.493 e. The first-order valence-electron chi connectivity index (χ1n) is 9.76. The fraction of sp³-hybridized carbons (Fsp3) is 0.524. The number of benzene rings is 1. The van der Waals surface area contributed by atoms with Gasteiger partial charge >= 0.3 is 0 Å². The minimum atomic E-state index is -0.228. The van der Waals surface area contributed by atoms with E-state index >= 15 is 0 Å². The van der Waals surface area contributed by atoms with E-state index in [2.05, 4.69) is 18.9 Å². The van der Waals surface area contributed by atoms with Gasteiger partial charge in [-0.3, -0.25) is 14.6 Å². The monoisotopic (exact) mass is 417 g/mol. The Balaban J connectivity index is 1.84. The Labute approximate surface area is 174 Å². The number of hydrogen-bond donors (Lipinski definition) is 1. The van der Waals surface area contributed by atoms with Crippen LogP contribution in [0.15, 0.2) is 28.0 Å². The molecule has 1 N–H and O–H groups in total. The number of aromatic amines is 1. The lowest BCUT2D eigenvalue weighted by atomic mass is 9.94. The first kappa shape index (κ1) is 20.1. The van der Waals surface area contributed by atoms with Crippen LogP contribution in [0.4, 0.5) is 5.82 Å². The van der Waals surface area contributed by atoms with E-state index in [1.165, 1.54) is 0 Å². The van der Waals surface area contributed by atoms with Crippen LogP contribution in [0.3, 0.4) is 0 Å². The molecule has 2 unspecified atom stereocenters. The Morgan fingerprint density at radius 1 is 1.31 bits per heavy atom. The van der Waals surface area contributed by atoms with Crippen molar-refractivity contribution >= 4 is 22.6 Å². The van der Waals surface area contributed by atoms with Gasteiger partial charge in [-0.15, -0.1) is 0 Å². The van der Waals surface area contributed by atoms with Crippen molar-refractivity contribution in [2.24, 2.45) is 4.99 Å². The van der Waals surface area contributed by atoms with Crippen molar-refractivity contribution in [3.05, 3.63) is 39.7 Å². The van der Waals surface area contributed by atoms with Crippen LogP contribution in [-0.2, 0) is 4.74 Å². The number of methoxy groups -OCH3 is 2. The van der Waals surface area contributed by atoms with Crippen LogP contribution in [-0.4, -0.2) is 41.3 Å². The predicted molar refractivity (Wildman–Crippen MR) is 115 cm³/mol. The molecule has 8 heteroatoms. The molecule has 1 saturated heterocycles. The molecule has 0 spiro atoms. The fourth-order valence-electron chi connectivity index (χ4n) is 4.23. The molecule has 1 aromatic heterocycles. The van der Waals surface area contributed by atoms with Gasteiger partial charge in [-0.05, 0) is 39.7 Å². The largest absolute Gasteiger partial charge is 0.493 e. The first-order chi connectivity index (χ1) is 13.8. The third kappa shape index (κ3) is 3.59. The molecular formula is C21H27N3O4S. The molecule has 0 bridgehead atoms. The van der Waals surface area contributed by atoms with Crippen LogP contribution in [0.1, 0.15) is 56.0 Å². The van der Waals surface area contributed by atoms with Crippen LogP contribution >= 0.6 is 11.8 Å². The molecule has 1 fully saturated rings. The Bertz CT molecular complexity index is 1010. The number of nitrogens with zero attached hydrogens (tertiary/aromatic N) is 2. The van der Waals surface area contributed by atoms with Gasteiger partial charge in [0.25, 0.3) is 5.56 Å². The second kappa shape index (κ2) is 7.57. The molecule has 4 rings (SSSR count). The van der Waals surface area contributed by atoms with Crippen molar-refractivity contribution in [3.8, 4) is 11.5 Å². The maximum absolute atomic E-state index is 13.1. The molecule has 0 radical (unpaired) electrons. The van der Waals surface area contributed by atoms with Crippen LogP contribution in [0, 0.1) is 0 Å². The summed E-state index contributed by atoms with van der Waals surface area (Å²) in [7, 11) is 3.24. The summed E-state index contributed by atoms with van der Waals surface area (Å²) in [5.41, 5.74) is 1.23. The number of aromatic nitrogens is 2. The number of ether oxygens (including phenoxy) is 3. The standard InChI is InChI=1S/C21H27N3O4S/c1-12-22-19-16(18(29-12)14-7-6-8-15(26-4)17(14)27-5)20(25)23-24(19)13-9-10-28-21(2,3)11-13/h6-8,13,18H,9-11H2,1-5H3,(H,23,25). The van der Waals surface area contributed by atoms with E-state index in [9.17, 15) is 4.79 Å². The average molecular weight is 418 g/mol. The summed E-state index contributed by atoms with van der Waals surface area (Å²) in [5.74, 6) is 2.01. The van der Waals surface area contributed by atoms with Gasteiger partial charge in [0.2, 0.25) is 0 Å². The third-order valence-electron chi connectivity index (χ3n) is 5.50. The Morgan fingerprint density at radius 2 is 2.10 bits per heavy atom. The highest BCUT2D eigenvalue weighted by Gasteiger charge is 2.36. The quantitative estimate of drug-likeness (QED) is 0.806. The molecular weight excluding hydrogens is 390 g/mol. The lowest BCUT2D eigenvalue weighted by Crippen LogP contribution is -2.35. The molecule has 3 heterocycles. The number of fused-ring (bicyclic) bond motifs is 1. The molecule has 156 valence electrons. The van der Waals surface area contributed by atoms with E-state index in [1.807, 2.05) is 29.8 Å². The minimum absolute atomic E-state index is 0.108. The second-order valence-corrected chi connectivity index (χ2v) is 9.31. The summed E-state index contributed by atoms with van der Waals surface area (Å²) >= 11 is 1.56. The zero-order chi connectivity index (χ0) is 20.8. The maximum atomic E-state index is 13.1. The molecule has 2 aromatic rings. The highest BCUT2D eigenvalue weighted by molar-refractivity contribution is 8.14. The maximum Gasteiger partial charge on any atom is 0.271 e. The third-order valence-corrected chi connectivity index (χ3v) is 6.66. The topological polar surface area (TPSA) is 77.8 Å². The molecule has 7 nitrogen and oxygen atoms in total. The highest BCUT2D eigenvalue weighted by atomic mass is 32.2. The highest BCUT2D eigenvalue weighted by Crippen LogP contribution is 2.49. The van der Waals surface area contributed by atoms with E-state index in [-0.39, 0.29) is 22.5 Å². The average Bonchev–Trinajstić information content (AvgIpc) is 3.02. The molecule has 0 amide bonds. The smallest absolute Gasteiger partial charge is 0.271 e. The number of nitrogens with one attached hydrogen (secondary N) is 1. The first-order valence-corrected chi connectivity index (χ1v) is 10.6. The SMILES string of the molecule is COc1cccc(C2SC(C)=Nc3c2c(=O)[nH]n3C2CCOC(C)(C)C2)c1OC. The van der Waals surface area contributed by atoms with Crippen LogP contribution in [0.2, 0.25) is 0 Å². The van der Waals surface area contributed by atoms with Crippen molar-refractivity contribution in [3.63, 3.8) is 0 Å². The van der Waals surface area contributed by atoms with E-state index in [0.717, 1.165) is 23.4 Å². The molecule has 0 aliphatic carbocycles. The van der Waals surface area contributed by atoms with Crippen LogP contribution < -0.4 is 15.0 Å². The predicted octanol–water partition coefficient (Wildman–Crippen LogP) is 4.21. The van der Waals surface area contributed by atoms with E-state index < -0.39 is 0 Å². The summed E-state index contributed by atoms with van der Waals surface area (Å²) in [6.07, 6.45) is 1.66. The zero-order valence-electron chi connectivity index (χ0n) is 17.4. The number of aliphatic imine (C=N–C) groups is 1. The van der Waals surface area contributed by atoms with Gasteiger partial charge in [-0.2, -0.15) is 0 Å². The van der Waals surface area contributed by atoms with E-state index in [4.69, 9.17) is 19.2 Å². The molecule has 29 heavy (non-hydrogen) atoms. The van der Waals surface area contributed by atoms with Crippen LogP contribution in [0.5, 0.6) is 11.5 Å². The molecule has 2 aliphatic rings. The fourth-order valence-corrected chi connectivity index (χ4v) is 5.35. The summed E-state index contributed by atoms with van der Waals surface area (Å²) < 4.78 is 18.9. The van der Waals surface area contributed by atoms with Crippen LogP contribution in [0.25, 0.3) is 0 Å². The second-order valence-electron chi connectivity index (χ2n) is 8.01. The van der Waals surface area contributed by atoms with Gasteiger partial charge in [0.1, 0.15) is 0 Å². The zero-order valence-corrected chi connectivity index (χ0v) is 18.3. The van der Waals surface area contributed by atoms with Gasteiger partial charge in [-0.25, -0.2) is 4.99 Å². The molecule has 0 saturated carbocycles. The van der Waals surface area contributed by atoms with E-state index in [1.54, 1.807) is 26.0 Å². The normalized spacial score (nSPS) is 23.3. The number of thioether (sulfide) groups is 1. The van der Waals surface area contributed by atoms with Crippen molar-refractivity contribution in [1.82, 2.24) is 9.78 Å². The van der Waals surface area contributed by atoms with Crippen molar-refractivity contribution < 1.29 is 14.2 Å². The lowest BCUT2D eigenvalue weighted by Gasteiger charge is -2.36. The Kier molecular flexibility index (Phi) is 5.25. The van der Waals surface area contributed by atoms with Crippen molar-refractivity contribution in [2.45, 2.75) is 50.5 Å². The van der Waals surface area contributed by atoms with Gasteiger partial charge < -0.3 is 14.2 Å². The summed E-state index contributed by atoms with van der Waals surface area (Å²) in [6, 6.07) is 5.90. The van der Waals surface area contributed by atoms with Gasteiger partial charge in [0, 0.05) is 12.2 Å². The Hall–Kier alpha value is -2.19. The Morgan fingerprint density at radius 3 is 2.79 bits per heavy atom. The number of para-hydroxylation sites is 1. The van der Waals surface area contributed by atoms with E-state index in [0.29, 0.717) is 29.5 Å².